The molecule has 1 atom stereocenters. The number of hydrogen-bond donors (Lipinski definition) is 1. The SMILES string of the molecule is O=C(CCC1CCCCO1)NCc1cnc2n1CCOC2. The van der Waals surface area contributed by atoms with Crippen LogP contribution in [0.3, 0.4) is 0 Å². The summed E-state index contributed by atoms with van der Waals surface area (Å²) in [4.78, 5) is 16.2. The Labute approximate surface area is 124 Å². The predicted octanol–water partition coefficient (Wildman–Crippen LogP) is 1.38. The molecule has 2 aliphatic rings. The Balaban J connectivity index is 1.42. The van der Waals surface area contributed by atoms with Crippen LogP contribution in [0.1, 0.15) is 43.6 Å². The molecule has 0 saturated carbocycles. The van der Waals surface area contributed by atoms with Gasteiger partial charge in [0, 0.05) is 19.6 Å². The highest BCUT2D eigenvalue weighted by atomic mass is 16.5. The fourth-order valence-corrected chi connectivity index (χ4v) is 2.91. The van der Waals surface area contributed by atoms with Crippen molar-refractivity contribution in [3.05, 3.63) is 17.7 Å². The molecule has 1 unspecified atom stereocenters. The number of ether oxygens (including phenoxy) is 2. The molecular formula is C15H23N3O3. The molecule has 0 bridgehead atoms. The van der Waals surface area contributed by atoms with E-state index in [0.29, 0.717) is 26.2 Å². The Morgan fingerprint density at radius 2 is 2.38 bits per heavy atom. The molecule has 1 aromatic heterocycles. The van der Waals surface area contributed by atoms with Crippen molar-refractivity contribution in [2.24, 2.45) is 0 Å². The summed E-state index contributed by atoms with van der Waals surface area (Å²) in [6, 6.07) is 0. The highest BCUT2D eigenvalue weighted by Crippen LogP contribution is 2.17. The standard InChI is InChI=1S/C15H23N3O3/c19-15(5-4-13-3-1-2-7-21-13)17-10-12-9-16-14-11-20-8-6-18(12)14/h9,13H,1-8,10-11H2,(H,17,19). The van der Waals surface area contributed by atoms with Gasteiger partial charge in [-0.3, -0.25) is 4.79 Å². The maximum absolute atomic E-state index is 11.9. The van der Waals surface area contributed by atoms with Crippen molar-refractivity contribution in [3.63, 3.8) is 0 Å². The van der Waals surface area contributed by atoms with Gasteiger partial charge >= 0.3 is 0 Å². The molecule has 0 aliphatic carbocycles. The lowest BCUT2D eigenvalue weighted by Gasteiger charge is -2.22. The van der Waals surface area contributed by atoms with Crippen molar-refractivity contribution in [2.45, 2.75) is 57.9 Å². The van der Waals surface area contributed by atoms with E-state index in [0.717, 1.165) is 43.9 Å². The third-order valence-corrected chi connectivity index (χ3v) is 4.15. The molecule has 1 aromatic rings. The van der Waals surface area contributed by atoms with Crippen molar-refractivity contribution in [1.29, 1.82) is 0 Å². The van der Waals surface area contributed by atoms with Gasteiger partial charge in [0.1, 0.15) is 12.4 Å². The number of nitrogens with one attached hydrogen (secondary N) is 1. The average molecular weight is 293 g/mol. The van der Waals surface area contributed by atoms with E-state index in [1.165, 1.54) is 6.42 Å². The van der Waals surface area contributed by atoms with Gasteiger partial charge in [-0.05, 0) is 25.7 Å². The van der Waals surface area contributed by atoms with Crippen LogP contribution in [0.15, 0.2) is 6.20 Å². The first-order valence-corrected chi connectivity index (χ1v) is 7.82. The van der Waals surface area contributed by atoms with Crippen molar-refractivity contribution < 1.29 is 14.3 Å². The van der Waals surface area contributed by atoms with Gasteiger partial charge in [0.25, 0.3) is 0 Å². The zero-order valence-corrected chi connectivity index (χ0v) is 12.3. The smallest absolute Gasteiger partial charge is 0.220 e. The van der Waals surface area contributed by atoms with E-state index >= 15 is 0 Å². The number of imidazole rings is 1. The molecule has 1 fully saturated rings. The van der Waals surface area contributed by atoms with E-state index in [9.17, 15) is 4.79 Å². The number of amides is 1. The molecule has 1 amide bonds. The number of fused-ring (bicyclic) bond motifs is 1. The summed E-state index contributed by atoms with van der Waals surface area (Å²) in [5.74, 6) is 1.04. The molecule has 0 radical (unpaired) electrons. The highest BCUT2D eigenvalue weighted by molar-refractivity contribution is 5.75. The van der Waals surface area contributed by atoms with Gasteiger partial charge < -0.3 is 19.4 Å². The van der Waals surface area contributed by atoms with Crippen LogP contribution in [0.2, 0.25) is 0 Å². The van der Waals surface area contributed by atoms with E-state index in [2.05, 4.69) is 14.9 Å². The number of aromatic nitrogens is 2. The van der Waals surface area contributed by atoms with Crippen molar-refractivity contribution in [2.75, 3.05) is 13.2 Å². The Bertz CT molecular complexity index is 481. The van der Waals surface area contributed by atoms with Crippen molar-refractivity contribution in [1.82, 2.24) is 14.9 Å². The molecule has 6 nitrogen and oxygen atoms in total. The summed E-state index contributed by atoms with van der Waals surface area (Å²) in [5, 5.41) is 2.98. The van der Waals surface area contributed by atoms with Gasteiger partial charge in [0.15, 0.2) is 0 Å². The molecule has 21 heavy (non-hydrogen) atoms. The Morgan fingerprint density at radius 1 is 1.43 bits per heavy atom. The van der Waals surface area contributed by atoms with Crippen LogP contribution in [-0.4, -0.2) is 34.8 Å². The largest absolute Gasteiger partial charge is 0.378 e. The molecule has 116 valence electrons. The molecule has 3 rings (SSSR count). The molecule has 3 heterocycles. The Kier molecular flexibility index (Phi) is 4.87. The van der Waals surface area contributed by atoms with E-state index in [4.69, 9.17) is 9.47 Å². The second-order valence-corrected chi connectivity index (χ2v) is 5.67. The lowest BCUT2D eigenvalue weighted by atomic mass is 10.0. The molecule has 2 aliphatic heterocycles. The van der Waals surface area contributed by atoms with E-state index in [1.807, 2.05) is 6.20 Å². The Morgan fingerprint density at radius 3 is 3.24 bits per heavy atom. The van der Waals surface area contributed by atoms with Crippen LogP contribution in [0.25, 0.3) is 0 Å². The minimum Gasteiger partial charge on any atom is -0.378 e. The third-order valence-electron chi connectivity index (χ3n) is 4.15. The highest BCUT2D eigenvalue weighted by Gasteiger charge is 2.17. The first-order chi connectivity index (χ1) is 10.3. The lowest BCUT2D eigenvalue weighted by Crippen LogP contribution is -2.28. The molecule has 0 spiro atoms. The summed E-state index contributed by atoms with van der Waals surface area (Å²) < 4.78 is 13.1. The average Bonchev–Trinajstić information content (AvgIpc) is 2.95. The summed E-state index contributed by atoms with van der Waals surface area (Å²) in [6.45, 7) is 3.47. The van der Waals surface area contributed by atoms with Crippen molar-refractivity contribution in [3.8, 4) is 0 Å². The fraction of sp³-hybridized carbons (Fsp3) is 0.733. The summed E-state index contributed by atoms with van der Waals surface area (Å²) in [5.41, 5.74) is 1.05. The predicted molar refractivity (Wildman–Crippen MR) is 76.6 cm³/mol. The van der Waals surface area contributed by atoms with Crippen LogP contribution >= 0.6 is 0 Å². The van der Waals surface area contributed by atoms with Crippen molar-refractivity contribution >= 4 is 5.91 Å². The van der Waals surface area contributed by atoms with Crippen LogP contribution < -0.4 is 5.32 Å². The minimum absolute atomic E-state index is 0.0896. The first kappa shape index (κ1) is 14.5. The third kappa shape index (κ3) is 3.83. The zero-order chi connectivity index (χ0) is 14.5. The van der Waals surface area contributed by atoms with Gasteiger partial charge in [-0.15, -0.1) is 0 Å². The second-order valence-electron chi connectivity index (χ2n) is 5.67. The van der Waals surface area contributed by atoms with Crippen LogP contribution in [0.5, 0.6) is 0 Å². The monoisotopic (exact) mass is 293 g/mol. The molecule has 6 heteroatoms. The van der Waals surface area contributed by atoms with Crippen LogP contribution in [-0.2, 0) is 34.0 Å². The Hall–Kier alpha value is -1.40. The normalized spacial score (nSPS) is 21.8. The molecule has 1 saturated heterocycles. The second kappa shape index (κ2) is 7.04. The summed E-state index contributed by atoms with van der Waals surface area (Å²) in [7, 11) is 0. The maximum atomic E-state index is 11.9. The van der Waals surface area contributed by atoms with Gasteiger partial charge in [0.2, 0.25) is 5.91 Å². The number of hydrogen-bond acceptors (Lipinski definition) is 4. The van der Waals surface area contributed by atoms with Gasteiger partial charge in [-0.2, -0.15) is 0 Å². The van der Waals surface area contributed by atoms with E-state index in [1.54, 1.807) is 0 Å². The minimum atomic E-state index is 0.0896. The summed E-state index contributed by atoms with van der Waals surface area (Å²) in [6.07, 6.45) is 6.91. The number of nitrogens with zero attached hydrogens (tertiary/aromatic N) is 2. The molecular weight excluding hydrogens is 270 g/mol. The lowest BCUT2D eigenvalue weighted by molar-refractivity contribution is -0.122. The quantitative estimate of drug-likeness (QED) is 0.890. The van der Waals surface area contributed by atoms with E-state index in [-0.39, 0.29) is 12.0 Å². The first-order valence-electron chi connectivity index (χ1n) is 7.82. The number of rotatable bonds is 5. The van der Waals surface area contributed by atoms with Gasteiger partial charge in [-0.25, -0.2) is 4.98 Å². The number of carbonyl (C=O) groups excluding carboxylic acids is 1. The van der Waals surface area contributed by atoms with Crippen LogP contribution in [0, 0.1) is 0 Å². The number of carbonyl (C=O) groups is 1. The van der Waals surface area contributed by atoms with Gasteiger partial charge in [0.05, 0.1) is 31.1 Å². The van der Waals surface area contributed by atoms with E-state index < -0.39 is 0 Å². The zero-order valence-electron chi connectivity index (χ0n) is 12.3. The topological polar surface area (TPSA) is 65.4 Å². The van der Waals surface area contributed by atoms with Gasteiger partial charge in [-0.1, -0.05) is 0 Å². The fourth-order valence-electron chi connectivity index (χ4n) is 2.91. The molecule has 1 N–H and O–H groups in total. The molecule has 0 aromatic carbocycles. The van der Waals surface area contributed by atoms with Crippen LogP contribution in [0.4, 0.5) is 0 Å². The maximum Gasteiger partial charge on any atom is 0.220 e. The summed E-state index contributed by atoms with van der Waals surface area (Å²) >= 11 is 0.